The molecule has 4 nitrogen and oxygen atoms in total. The monoisotopic (exact) mass is 246 g/mol. The first-order valence-electron chi connectivity index (χ1n) is 6.43. The lowest BCUT2D eigenvalue weighted by molar-refractivity contribution is 0.0691. The molecule has 1 N–H and O–H groups in total. The lowest BCUT2D eigenvalue weighted by Crippen LogP contribution is -2.03. The van der Waals surface area contributed by atoms with Crippen LogP contribution in [0.1, 0.15) is 43.1 Å². The number of unbranched alkanes of at least 4 members (excludes halogenated alkanes) is 3. The summed E-state index contributed by atoms with van der Waals surface area (Å²) in [5.74, 6) is -0.960. The smallest absolute Gasteiger partial charge is 0.357 e. The zero-order valence-electron chi connectivity index (χ0n) is 10.6. The first-order chi connectivity index (χ1) is 8.74. The van der Waals surface area contributed by atoms with Crippen LogP contribution >= 0.6 is 0 Å². The van der Waals surface area contributed by atoms with Gasteiger partial charge < -0.3 is 5.11 Å². The number of hydrogen-bond donors (Lipinski definition) is 1. The van der Waals surface area contributed by atoms with E-state index in [1.165, 1.54) is 12.8 Å². The van der Waals surface area contributed by atoms with Crippen molar-refractivity contribution in [1.82, 2.24) is 9.78 Å². The maximum atomic E-state index is 11.1. The summed E-state index contributed by atoms with van der Waals surface area (Å²) in [6.07, 6.45) is 4.61. The summed E-state index contributed by atoms with van der Waals surface area (Å²) < 4.78 is 1.81. The topological polar surface area (TPSA) is 55.1 Å². The molecule has 0 saturated carbocycles. The Morgan fingerprint density at radius 1 is 1.28 bits per heavy atom. The molecule has 96 valence electrons. The van der Waals surface area contributed by atoms with Crippen molar-refractivity contribution in [3.05, 3.63) is 30.0 Å². The van der Waals surface area contributed by atoms with E-state index in [0.717, 1.165) is 30.3 Å². The first-order valence-corrected chi connectivity index (χ1v) is 6.43. The Morgan fingerprint density at radius 2 is 2.06 bits per heavy atom. The van der Waals surface area contributed by atoms with E-state index >= 15 is 0 Å². The van der Waals surface area contributed by atoms with E-state index in [4.69, 9.17) is 5.11 Å². The number of fused-ring (bicyclic) bond motifs is 1. The van der Waals surface area contributed by atoms with E-state index in [1.807, 2.05) is 28.9 Å². The summed E-state index contributed by atoms with van der Waals surface area (Å²) >= 11 is 0. The molecule has 2 aromatic rings. The summed E-state index contributed by atoms with van der Waals surface area (Å²) in [6, 6.07) is 7.50. The number of aryl methyl sites for hydroxylation is 1. The van der Waals surface area contributed by atoms with Crippen molar-refractivity contribution in [2.24, 2.45) is 0 Å². The number of hydrogen-bond acceptors (Lipinski definition) is 2. The summed E-state index contributed by atoms with van der Waals surface area (Å²) in [6.45, 7) is 2.96. The largest absolute Gasteiger partial charge is 0.476 e. The molecule has 0 spiro atoms. The molecular weight excluding hydrogens is 228 g/mol. The molecular formula is C14H18N2O2. The van der Waals surface area contributed by atoms with Crippen LogP contribution in [0, 0.1) is 0 Å². The molecule has 1 aromatic heterocycles. The predicted octanol–water partition coefficient (Wildman–Crippen LogP) is 3.31. The van der Waals surface area contributed by atoms with Crippen LogP contribution in [0.4, 0.5) is 0 Å². The molecule has 0 saturated heterocycles. The van der Waals surface area contributed by atoms with E-state index in [2.05, 4.69) is 12.0 Å². The standard InChI is InChI=1S/C14H18N2O2/c1-2-3-4-7-10-16-12-9-6-5-8-11(12)13(15-16)14(17)18/h5-6,8-9H,2-4,7,10H2,1H3,(H,17,18). The van der Waals surface area contributed by atoms with Crippen LogP contribution in [0.25, 0.3) is 10.9 Å². The molecule has 0 bridgehead atoms. The lowest BCUT2D eigenvalue weighted by Gasteiger charge is -2.02. The number of aromatic nitrogens is 2. The van der Waals surface area contributed by atoms with Gasteiger partial charge >= 0.3 is 5.97 Å². The van der Waals surface area contributed by atoms with Crippen LogP contribution < -0.4 is 0 Å². The second-order valence-electron chi connectivity index (χ2n) is 4.45. The van der Waals surface area contributed by atoms with Crippen molar-refractivity contribution in [1.29, 1.82) is 0 Å². The van der Waals surface area contributed by atoms with Crippen LogP contribution in [0.5, 0.6) is 0 Å². The minimum atomic E-state index is -0.960. The highest BCUT2D eigenvalue weighted by Gasteiger charge is 2.15. The number of benzene rings is 1. The number of carbonyl (C=O) groups is 1. The van der Waals surface area contributed by atoms with E-state index in [9.17, 15) is 4.79 Å². The van der Waals surface area contributed by atoms with Gasteiger partial charge in [0.15, 0.2) is 5.69 Å². The van der Waals surface area contributed by atoms with Gasteiger partial charge in [-0.2, -0.15) is 5.10 Å². The number of aromatic carboxylic acids is 1. The molecule has 0 unspecified atom stereocenters. The van der Waals surface area contributed by atoms with Gasteiger partial charge in [-0.15, -0.1) is 0 Å². The highest BCUT2D eigenvalue weighted by atomic mass is 16.4. The minimum Gasteiger partial charge on any atom is -0.476 e. The van der Waals surface area contributed by atoms with Crippen LogP contribution in [-0.4, -0.2) is 20.9 Å². The summed E-state index contributed by atoms with van der Waals surface area (Å²) in [5, 5.41) is 14.1. The number of para-hydroxylation sites is 1. The maximum absolute atomic E-state index is 11.1. The third-order valence-corrected chi connectivity index (χ3v) is 3.08. The van der Waals surface area contributed by atoms with Gasteiger partial charge in [0, 0.05) is 11.9 Å². The molecule has 4 heteroatoms. The number of carboxylic acids is 1. The number of rotatable bonds is 6. The Labute approximate surface area is 106 Å². The quantitative estimate of drug-likeness (QED) is 0.795. The second-order valence-corrected chi connectivity index (χ2v) is 4.45. The molecule has 2 rings (SSSR count). The van der Waals surface area contributed by atoms with Crippen molar-refractivity contribution in [2.45, 2.75) is 39.2 Å². The number of nitrogens with zero attached hydrogens (tertiary/aromatic N) is 2. The van der Waals surface area contributed by atoms with Crippen molar-refractivity contribution < 1.29 is 9.90 Å². The van der Waals surface area contributed by atoms with E-state index in [1.54, 1.807) is 0 Å². The van der Waals surface area contributed by atoms with Gasteiger partial charge in [-0.25, -0.2) is 4.79 Å². The molecule has 0 fully saturated rings. The van der Waals surface area contributed by atoms with Crippen LogP contribution in [0.2, 0.25) is 0 Å². The zero-order chi connectivity index (χ0) is 13.0. The van der Waals surface area contributed by atoms with Crippen molar-refractivity contribution >= 4 is 16.9 Å². The third-order valence-electron chi connectivity index (χ3n) is 3.08. The van der Waals surface area contributed by atoms with E-state index in [-0.39, 0.29) is 5.69 Å². The molecule has 1 heterocycles. The average molecular weight is 246 g/mol. The normalized spacial score (nSPS) is 10.9. The summed E-state index contributed by atoms with van der Waals surface area (Å²) in [7, 11) is 0. The zero-order valence-corrected chi connectivity index (χ0v) is 10.6. The van der Waals surface area contributed by atoms with Gasteiger partial charge in [-0.3, -0.25) is 4.68 Å². The Morgan fingerprint density at radius 3 is 2.78 bits per heavy atom. The van der Waals surface area contributed by atoms with Crippen LogP contribution in [-0.2, 0) is 6.54 Å². The van der Waals surface area contributed by atoms with Crippen molar-refractivity contribution in [3.8, 4) is 0 Å². The third kappa shape index (κ3) is 2.53. The fourth-order valence-corrected chi connectivity index (χ4v) is 2.14. The molecule has 0 aliphatic rings. The van der Waals surface area contributed by atoms with Crippen LogP contribution in [0.15, 0.2) is 24.3 Å². The minimum absolute atomic E-state index is 0.154. The van der Waals surface area contributed by atoms with Gasteiger partial charge in [0.2, 0.25) is 0 Å². The van der Waals surface area contributed by atoms with Crippen molar-refractivity contribution in [2.75, 3.05) is 0 Å². The highest BCUT2D eigenvalue weighted by molar-refractivity contribution is 6.01. The summed E-state index contributed by atoms with van der Waals surface area (Å²) in [5.41, 5.74) is 1.06. The van der Waals surface area contributed by atoms with Crippen molar-refractivity contribution in [3.63, 3.8) is 0 Å². The Kier molecular flexibility index (Phi) is 3.97. The molecule has 18 heavy (non-hydrogen) atoms. The van der Waals surface area contributed by atoms with E-state index < -0.39 is 5.97 Å². The summed E-state index contributed by atoms with van der Waals surface area (Å²) in [4.78, 5) is 11.1. The Hall–Kier alpha value is -1.84. The fourth-order valence-electron chi connectivity index (χ4n) is 2.14. The van der Waals surface area contributed by atoms with Crippen LogP contribution in [0.3, 0.4) is 0 Å². The Bertz CT molecular complexity index is 546. The first kappa shape index (κ1) is 12.6. The highest BCUT2D eigenvalue weighted by Crippen LogP contribution is 2.19. The molecule has 0 radical (unpaired) electrons. The molecule has 0 amide bonds. The van der Waals surface area contributed by atoms with Gasteiger partial charge in [0.05, 0.1) is 5.52 Å². The lowest BCUT2D eigenvalue weighted by atomic mass is 10.2. The SMILES string of the molecule is CCCCCCn1nc(C(=O)O)c2ccccc21. The van der Waals surface area contributed by atoms with Gasteiger partial charge in [0.1, 0.15) is 0 Å². The average Bonchev–Trinajstić information content (AvgIpc) is 2.74. The van der Waals surface area contributed by atoms with Gasteiger partial charge in [-0.05, 0) is 12.5 Å². The maximum Gasteiger partial charge on any atom is 0.357 e. The van der Waals surface area contributed by atoms with Gasteiger partial charge in [-0.1, -0.05) is 44.4 Å². The molecule has 1 aromatic carbocycles. The molecule has 0 aliphatic carbocycles. The fraction of sp³-hybridized carbons (Fsp3) is 0.429. The van der Waals surface area contributed by atoms with Gasteiger partial charge in [0.25, 0.3) is 0 Å². The number of carboxylic acid groups (broad SMARTS) is 1. The second kappa shape index (κ2) is 5.67. The predicted molar refractivity (Wildman–Crippen MR) is 70.8 cm³/mol. The molecule has 0 aliphatic heterocycles. The van der Waals surface area contributed by atoms with E-state index in [0.29, 0.717) is 0 Å². The Balaban J connectivity index is 2.24. The molecule has 0 atom stereocenters.